The lowest BCUT2D eigenvalue weighted by molar-refractivity contribution is 0.156. The summed E-state index contributed by atoms with van der Waals surface area (Å²) in [6, 6.07) is 0. The van der Waals surface area contributed by atoms with Crippen LogP contribution >= 0.6 is 11.6 Å². The lowest BCUT2D eigenvalue weighted by Gasteiger charge is -2.15. The van der Waals surface area contributed by atoms with Gasteiger partial charge in [-0.15, -0.1) is 11.6 Å². The topological polar surface area (TPSA) is 29.0 Å². The summed E-state index contributed by atoms with van der Waals surface area (Å²) in [6.45, 7) is -0.375. The molecule has 0 fully saturated rings. The number of nitrogens with zero attached hydrogens (tertiary/aromatic N) is 3. The highest BCUT2D eigenvalue weighted by molar-refractivity contribution is 6.17. The predicted octanol–water partition coefficient (Wildman–Crippen LogP) is 1.92. The van der Waals surface area contributed by atoms with Crippen LogP contribution in [-0.2, 0) is 5.88 Å². The van der Waals surface area contributed by atoms with Gasteiger partial charge in [0.05, 0.1) is 12.4 Å². The molecule has 0 saturated heterocycles. The van der Waals surface area contributed by atoms with Crippen LogP contribution in [0.3, 0.4) is 0 Å². The second-order valence-electron chi connectivity index (χ2n) is 2.80. The molecule has 14 heavy (non-hydrogen) atoms. The SMILES string of the molecule is CN(CC(F)F)c1ncc(CCl)cn1. The van der Waals surface area contributed by atoms with Gasteiger partial charge in [0.1, 0.15) is 0 Å². The number of hydrogen-bond donors (Lipinski definition) is 0. The van der Waals surface area contributed by atoms with Crippen molar-refractivity contribution in [3.63, 3.8) is 0 Å². The minimum atomic E-state index is -2.39. The summed E-state index contributed by atoms with van der Waals surface area (Å²) < 4.78 is 24.0. The van der Waals surface area contributed by atoms with Gasteiger partial charge in [-0.2, -0.15) is 0 Å². The molecule has 0 aliphatic rings. The number of alkyl halides is 3. The van der Waals surface area contributed by atoms with Gasteiger partial charge in [-0.1, -0.05) is 0 Å². The third kappa shape index (κ3) is 3.06. The van der Waals surface area contributed by atoms with Gasteiger partial charge < -0.3 is 4.90 Å². The molecule has 1 aromatic heterocycles. The normalized spacial score (nSPS) is 10.6. The van der Waals surface area contributed by atoms with E-state index in [1.165, 1.54) is 24.3 Å². The molecule has 0 amide bonds. The van der Waals surface area contributed by atoms with E-state index in [-0.39, 0.29) is 12.5 Å². The Morgan fingerprint density at radius 3 is 2.43 bits per heavy atom. The van der Waals surface area contributed by atoms with E-state index in [0.29, 0.717) is 5.88 Å². The molecular formula is C8H10ClF2N3. The van der Waals surface area contributed by atoms with Crippen molar-refractivity contribution in [1.29, 1.82) is 0 Å². The minimum Gasteiger partial charge on any atom is -0.338 e. The quantitative estimate of drug-likeness (QED) is 0.728. The first-order valence-electron chi connectivity index (χ1n) is 3.99. The summed E-state index contributed by atoms with van der Waals surface area (Å²) in [5.74, 6) is 0.595. The van der Waals surface area contributed by atoms with Crippen LogP contribution in [0.2, 0.25) is 0 Å². The van der Waals surface area contributed by atoms with E-state index in [1.54, 1.807) is 0 Å². The third-order valence-electron chi connectivity index (χ3n) is 1.60. The molecule has 0 unspecified atom stereocenters. The largest absolute Gasteiger partial charge is 0.338 e. The number of halogens is 3. The summed E-state index contributed by atoms with van der Waals surface area (Å²) in [7, 11) is 1.52. The molecule has 0 radical (unpaired) electrons. The standard InChI is InChI=1S/C8H10ClF2N3/c1-14(5-7(10)11)8-12-3-6(2-9)4-13-8/h3-4,7H,2,5H2,1H3. The predicted molar refractivity (Wildman–Crippen MR) is 50.9 cm³/mol. The Balaban J connectivity index is 2.66. The molecule has 0 aliphatic carbocycles. The molecule has 1 aromatic rings. The number of anilines is 1. The highest BCUT2D eigenvalue weighted by Gasteiger charge is 2.10. The van der Waals surface area contributed by atoms with Crippen LogP contribution in [0.4, 0.5) is 14.7 Å². The molecule has 0 spiro atoms. The average molecular weight is 222 g/mol. The van der Waals surface area contributed by atoms with E-state index in [0.717, 1.165) is 5.56 Å². The van der Waals surface area contributed by atoms with E-state index in [9.17, 15) is 8.78 Å². The van der Waals surface area contributed by atoms with Gasteiger partial charge in [0.25, 0.3) is 6.43 Å². The molecule has 78 valence electrons. The first kappa shape index (κ1) is 11.1. The van der Waals surface area contributed by atoms with Crippen LogP contribution in [0.5, 0.6) is 0 Å². The van der Waals surface area contributed by atoms with Crippen molar-refractivity contribution in [3.05, 3.63) is 18.0 Å². The summed E-state index contributed by atoms with van der Waals surface area (Å²) >= 11 is 5.53. The summed E-state index contributed by atoms with van der Waals surface area (Å²) in [4.78, 5) is 9.09. The zero-order valence-electron chi connectivity index (χ0n) is 7.62. The van der Waals surface area contributed by atoms with Crippen molar-refractivity contribution in [2.45, 2.75) is 12.3 Å². The van der Waals surface area contributed by atoms with Crippen molar-refractivity contribution in [1.82, 2.24) is 9.97 Å². The van der Waals surface area contributed by atoms with E-state index in [1.807, 2.05) is 0 Å². The smallest absolute Gasteiger partial charge is 0.255 e. The van der Waals surface area contributed by atoms with Crippen molar-refractivity contribution >= 4 is 17.5 Å². The number of hydrogen-bond acceptors (Lipinski definition) is 3. The maximum absolute atomic E-state index is 12.0. The van der Waals surface area contributed by atoms with Crippen LogP contribution in [0.1, 0.15) is 5.56 Å². The Morgan fingerprint density at radius 2 is 2.00 bits per heavy atom. The molecule has 0 saturated carbocycles. The van der Waals surface area contributed by atoms with Gasteiger partial charge in [-0.25, -0.2) is 18.7 Å². The molecule has 0 bridgehead atoms. The Morgan fingerprint density at radius 1 is 1.43 bits per heavy atom. The van der Waals surface area contributed by atoms with Crippen molar-refractivity contribution in [2.75, 3.05) is 18.5 Å². The van der Waals surface area contributed by atoms with Crippen LogP contribution in [0.25, 0.3) is 0 Å². The number of rotatable bonds is 4. The van der Waals surface area contributed by atoms with E-state index in [4.69, 9.17) is 11.6 Å². The van der Waals surface area contributed by atoms with Gasteiger partial charge in [0.2, 0.25) is 5.95 Å². The maximum Gasteiger partial charge on any atom is 0.255 e. The molecule has 0 aromatic carbocycles. The second-order valence-corrected chi connectivity index (χ2v) is 3.06. The van der Waals surface area contributed by atoms with Gasteiger partial charge in [0, 0.05) is 25.0 Å². The fraction of sp³-hybridized carbons (Fsp3) is 0.500. The first-order chi connectivity index (χ1) is 6.63. The summed E-state index contributed by atoms with van der Waals surface area (Å²) in [6.07, 6.45) is 0.658. The Labute approximate surface area is 85.7 Å². The Bertz CT molecular complexity index is 278. The Hall–Kier alpha value is -0.970. The first-order valence-corrected chi connectivity index (χ1v) is 4.53. The molecule has 1 rings (SSSR count). The monoisotopic (exact) mass is 221 g/mol. The minimum absolute atomic E-state index is 0.277. The maximum atomic E-state index is 12.0. The van der Waals surface area contributed by atoms with Crippen LogP contribution < -0.4 is 4.90 Å². The van der Waals surface area contributed by atoms with Gasteiger partial charge >= 0.3 is 0 Å². The van der Waals surface area contributed by atoms with Gasteiger partial charge in [0.15, 0.2) is 0 Å². The summed E-state index contributed by atoms with van der Waals surface area (Å²) in [5.41, 5.74) is 0.765. The highest BCUT2D eigenvalue weighted by atomic mass is 35.5. The van der Waals surface area contributed by atoms with E-state index >= 15 is 0 Å². The Kier molecular flexibility index (Phi) is 4.00. The van der Waals surface area contributed by atoms with Gasteiger partial charge in [-0.3, -0.25) is 0 Å². The molecule has 3 nitrogen and oxygen atoms in total. The lowest BCUT2D eigenvalue weighted by atomic mass is 10.4. The molecule has 0 atom stereocenters. The lowest BCUT2D eigenvalue weighted by Crippen LogP contribution is -2.25. The molecular weight excluding hydrogens is 212 g/mol. The fourth-order valence-corrected chi connectivity index (χ4v) is 1.04. The van der Waals surface area contributed by atoms with Crippen LogP contribution in [0.15, 0.2) is 12.4 Å². The second kappa shape index (κ2) is 5.05. The fourth-order valence-electron chi connectivity index (χ4n) is 0.903. The third-order valence-corrected chi connectivity index (χ3v) is 1.91. The molecule has 0 N–H and O–H groups in total. The molecule has 6 heteroatoms. The number of aromatic nitrogens is 2. The zero-order chi connectivity index (χ0) is 10.6. The van der Waals surface area contributed by atoms with Crippen molar-refractivity contribution < 1.29 is 8.78 Å². The highest BCUT2D eigenvalue weighted by Crippen LogP contribution is 2.08. The summed E-state index contributed by atoms with van der Waals surface area (Å²) in [5, 5.41) is 0. The van der Waals surface area contributed by atoms with Crippen molar-refractivity contribution in [2.24, 2.45) is 0 Å². The van der Waals surface area contributed by atoms with Crippen molar-refractivity contribution in [3.8, 4) is 0 Å². The van der Waals surface area contributed by atoms with Crippen LogP contribution in [0, 0.1) is 0 Å². The van der Waals surface area contributed by atoms with E-state index < -0.39 is 6.43 Å². The average Bonchev–Trinajstić information content (AvgIpc) is 2.17. The van der Waals surface area contributed by atoms with Gasteiger partial charge in [-0.05, 0) is 0 Å². The van der Waals surface area contributed by atoms with Crippen LogP contribution in [-0.4, -0.2) is 30.0 Å². The zero-order valence-corrected chi connectivity index (χ0v) is 8.38. The van der Waals surface area contributed by atoms with E-state index in [2.05, 4.69) is 9.97 Å². The molecule has 1 heterocycles. The molecule has 0 aliphatic heterocycles.